The van der Waals surface area contributed by atoms with Crippen LogP contribution in [-0.4, -0.2) is 38.8 Å². The highest BCUT2D eigenvalue weighted by molar-refractivity contribution is 5.72. The molecule has 1 aromatic rings. The van der Waals surface area contributed by atoms with Gasteiger partial charge in [0.05, 0.1) is 0 Å². The average molecular weight is 209 g/mol. The van der Waals surface area contributed by atoms with Crippen molar-refractivity contribution in [2.45, 2.75) is 18.8 Å². The molecule has 0 spiro atoms. The van der Waals surface area contributed by atoms with Crippen LogP contribution in [0, 0.1) is 0 Å². The quantitative estimate of drug-likeness (QED) is 0.711. The Morgan fingerprint density at radius 1 is 1.67 bits per heavy atom. The maximum atomic E-state index is 11.1. The number of carbonyl (C=O) groups is 1. The molecule has 2 rings (SSSR count). The number of piperidine rings is 1. The topological polar surface area (TPSA) is 77.0 Å². The van der Waals surface area contributed by atoms with Gasteiger partial charge in [0.1, 0.15) is 12.2 Å². The van der Waals surface area contributed by atoms with E-state index in [1.54, 1.807) is 11.2 Å². The molecule has 0 bridgehead atoms. The van der Waals surface area contributed by atoms with E-state index in [0.717, 1.165) is 25.2 Å². The molecule has 1 fully saturated rings. The number of hydrogen-bond acceptors (Lipinski definition) is 3. The molecule has 2 N–H and O–H groups in total. The Balaban J connectivity index is 2.11. The minimum absolute atomic E-state index is 0.263. The number of nitrogens with two attached hydrogens (primary N) is 1. The Morgan fingerprint density at radius 2 is 2.47 bits per heavy atom. The molecular weight excluding hydrogens is 194 g/mol. The fraction of sp³-hybridized carbons (Fsp3) is 0.667. The lowest BCUT2D eigenvalue weighted by Gasteiger charge is -2.30. The zero-order chi connectivity index (χ0) is 10.8. The van der Waals surface area contributed by atoms with Gasteiger partial charge in [0.15, 0.2) is 0 Å². The summed E-state index contributed by atoms with van der Waals surface area (Å²) >= 11 is 0. The van der Waals surface area contributed by atoms with Gasteiger partial charge in [-0.1, -0.05) is 0 Å². The van der Waals surface area contributed by atoms with E-state index in [1.807, 2.05) is 11.6 Å². The van der Waals surface area contributed by atoms with Gasteiger partial charge in [-0.25, -0.2) is 4.79 Å². The molecule has 0 aliphatic carbocycles. The Kier molecular flexibility index (Phi) is 2.57. The SMILES string of the molecule is Cn1cnnc1C1CCCN(C(N)=O)C1. The molecule has 1 unspecified atom stereocenters. The first-order chi connectivity index (χ1) is 7.18. The normalized spacial score (nSPS) is 21.7. The van der Waals surface area contributed by atoms with E-state index in [9.17, 15) is 4.79 Å². The Hall–Kier alpha value is -1.59. The highest BCUT2D eigenvalue weighted by Gasteiger charge is 2.26. The number of carbonyl (C=O) groups excluding carboxylic acids is 1. The van der Waals surface area contributed by atoms with Crippen LogP contribution in [0.5, 0.6) is 0 Å². The molecule has 2 heterocycles. The number of likely N-dealkylation sites (tertiary alicyclic amines) is 1. The molecule has 1 atom stereocenters. The van der Waals surface area contributed by atoms with Crippen molar-refractivity contribution < 1.29 is 4.79 Å². The zero-order valence-electron chi connectivity index (χ0n) is 8.76. The largest absolute Gasteiger partial charge is 0.351 e. The van der Waals surface area contributed by atoms with Gasteiger partial charge in [-0.05, 0) is 12.8 Å². The van der Waals surface area contributed by atoms with Gasteiger partial charge in [-0.3, -0.25) is 0 Å². The Morgan fingerprint density at radius 3 is 3.07 bits per heavy atom. The van der Waals surface area contributed by atoms with Gasteiger partial charge in [-0.2, -0.15) is 0 Å². The molecule has 0 saturated carbocycles. The lowest BCUT2D eigenvalue weighted by Crippen LogP contribution is -2.42. The molecule has 6 nitrogen and oxygen atoms in total. The summed E-state index contributed by atoms with van der Waals surface area (Å²) in [6, 6.07) is -0.345. The highest BCUT2D eigenvalue weighted by atomic mass is 16.2. The van der Waals surface area contributed by atoms with Gasteiger partial charge >= 0.3 is 6.03 Å². The van der Waals surface area contributed by atoms with Crippen LogP contribution >= 0.6 is 0 Å². The summed E-state index contributed by atoms with van der Waals surface area (Å²) in [6.07, 6.45) is 3.69. The lowest BCUT2D eigenvalue weighted by molar-refractivity contribution is 0.187. The smallest absolute Gasteiger partial charge is 0.314 e. The fourth-order valence-electron chi connectivity index (χ4n) is 2.05. The van der Waals surface area contributed by atoms with E-state index in [2.05, 4.69) is 10.2 Å². The number of nitrogens with zero attached hydrogens (tertiary/aromatic N) is 4. The molecule has 1 aliphatic heterocycles. The minimum atomic E-state index is -0.345. The Labute approximate surface area is 88.1 Å². The predicted molar refractivity (Wildman–Crippen MR) is 54.1 cm³/mol. The maximum Gasteiger partial charge on any atom is 0.314 e. The van der Waals surface area contributed by atoms with Crippen LogP contribution in [-0.2, 0) is 7.05 Å². The van der Waals surface area contributed by atoms with Gasteiger partial charge in [0.2, 0.25) is 0 Å². The zero-order valence-corrected chi connectivity index (χ0v) is 8.76. The molecule has 82 valence electrons. The molecule has 1 aliphatic rings. The van der Waals surface area contributed by atoms with Crippen molar-refractivity contribution in [1.82, 2.24) is 19.7 Å². The highest BCUT2D eigenvalue weighted by Crippen LogP contribution is 2.24. The Bertz CT molecular complexity index is 361. The molecule has 0 radical (unpaired) electrons. The number of primary amides is 1. The lowest BCUT2D eigenvalue weighted by atomic mass is 9.97. The summed E-state index contributed by atoms with van der Waals surface area (Å²) in [4.78, 5) is 12.7. The number of urea groups is 1. The van der Waals surface area contributed by atoms with Gasteiger partial charge in [0.25, 0.3) is 0 Å². The summed E-state index contributed by atoms with van der Waals surface area (Å²) < 4.78 is 1.90. The first-order valence-corrected chi connectivity index (χ1v) is 5.06. The third-order valence-corrected chi connectivity index (χ3v) is 2.84. The first-order valence-electron chi connectivity index (χ1n) is 5.06. The minimum Gasteiger partial charge on any atom is -0.351 e. The third-order valence-electron chi connectivity index (χ3n) is 2.84. The van der Waals surface area contributed by atoms with Crippen molar-refractivity contribution in [1.29, 1.82) is 0 Å². The summed E-state index contributed by atoms with van der Waals surface area (Å²) in [7, 11) is 1.92. The molecule has 1 aromatic heterocycles. The van der Waals surface area contributed by atoms with Crippen molar-refractivity contribution in [3.05, 3.63) is 12.2 Å². The van der Waals surface area contributed by atoms with Crippen molar-refractivity contribution in [3.63, 3.8) is 0 Å². The summed E-state index contributed by atoms with van der Waals surface area (Å²) in [5.41, 5.74) is 5.26. The van der Waals surface area contributed by atoms with Crippen LogP contribution in [0.1, 0.15) is 24.6 Å². The number of aromatic nitrogens is 3. The van der Waals surface area contributed by atoms with Gasteiger partial charge in [-0.15, -0.1) is 10.2 Å². The summed E-state index contributed by atoms with van der Waals surface area (Å²) in [5, 5.41) is 7.91. The van der Waals surface area contributed by atoms with Gasteiger partial charge < -0.3 is 15.2 Å². The molecule has 15 heavy (non-hydrogen) atoms. The van der Waals surface area contributed by atoms with Crippen LogP contribution in [0.3, 0.4) is 0 Å². The summed E-state index contributed by atoms with van der Waals surface area (Å²) in [5.74, 6) is 1.19. The number of aryl methyl sites for hydroxylation is 1. The second-order valence-corrected chi connectivity index (χ2v) is 3.92. The van der Waals surface area contributed by atoms with E-state index < -0.39 is 0 Å². The van der Waals surface area contributed by atoms with E-state index in [-0.39, 0.29) is 11.9 Å². The average Bonchev–Trinajstić information content (AvgIpc) is 2.64. The molecular formula is C9H15N5O. The molecule has 2 amide bonds. The monoisotopic (exact) mass is 209 g/mol. The number of hydrogen-bond donors (Lipinski definition) is 1. The van der Waals surface area contributed by atoms with Crippen LogP contribution in [0.2, 0.25) is 0 Å². The van der Waals surface area contributed by atoms with Crippen LogP contribution in [0.4, 0.5) is 4.79 Å². The van der Waals surface area contributed by atoms with E-state index >= 15 is 0 Å². The summed E-state index contributed by atoms with van der Waals surface area (Å²) in [6.45, 7) is 1.41. The van der Waals surface area contributed by atoms with E-state index in [4.69, 9.17) is 5.73 Å². The maximum absolute atomic E-state index is 11.1. The van der Waals surface area contributed by atoms with Crippen LogP contribution in [0.25, 0.3) is 0 Å². The van der Waals surface area contributed by atoms with E-state index in [1.165, 1.54) is 0 Å². The molecule has 1 saturated heterocycles. The van der Waals surface area contributed by atoms with E-state index in [0.29, 0.717) is 6.54 Å². The second kappa shape index (κ2) is 3.88. The first kappa shape index (κ1) is 9.95. The number of amides is 2. The fourth-order valence-corrected chi connectivity index (χ4v) is 2.05. The van der Waals surface area contributed by atoms with Gasteiger partial charge in [0, 0.05) is 26.1 Å². The standard InChI is InChI=1S/C9H15N5O/c1-13-6-11-12-8(13)7-3-2-4-14(5-7)9(10)15/h6-7H,2-5H2,1H3,(H2,10,15). The second-order valence-electron chi connectivity index (χ2n) is 3.92. The van der Waals surface area contributed by atoms with Crippen molar-refractivity contribution >= 4 is 6.03 Å². The molecule has 6 heteroatoms. The van der Waals surface area contributed by atoms with Crippen LogP contribution < -0.4 is 5.73 Å². The van der Waals surface area contributed by atoms with Crippen molar-refractivity contribution in [3.8, 4) is 0 Å². The van der Waals surface area contributed by atoms with Crippen LogP contribution in [0.15, 0.2) is 6.33 Å². The molecule has 0 aromatic carbocycles. The van der Waals surface area contributed by atoms with Crippen molar-refractivity contribution in [2.75, 3.05) is 13.1 Å². The predicted octanol–water partition coefficient (Wildman–Crippen LogP) is 0.0732. The van der Waals surface area contributed by atoms with Crippen molar-refractivity contribution in [2.24, 2.45) is 12.8 Å². The number of rotatable bonds is 1. The third kappa shape index (κ3) is 1.93.